The summed E-state index contributed by atoms with van der Waals surface area (Å²) in [5, 5.41) is 16.0. The number of aliphatic hydroxyl groups is 1. The summed E-state index contributed by atoms with van der Waals surface area (Å²) in [6.07, 6.45) is 7.99. The Hall–Kier alpha value is -0.610. The maximum absolute atomic E-state index is 12.4. The molecule has 0 aromatic rings. The normalized spacial score (nSPS) is 51.5. The Labute approximate surface area is 114 Å². The van der Waals surface area contributed by atoms with Gasteiger partial charge in [0.2, 0.25) is 5.91 Å². The Kier molecular flexibility index (Phi) is 2.68. The monoisotopic (exact) mass is 264 g/mol. The Balaban J connectivity index is 1.46. The first-order chi connectivity index (χ1) is 9.12. The van der Waals surface area contributed by atoms with Gasteiger partial charge in [0, 0.05) is 12.1 Å². The van der Waals surface area contributed by atoms with Crippen LogP contribution in [-0.4, -0.2) is 35.2 Å². The van der Waals surface area contributed by atoms with E-state index in [4.69, 9.17) is 0 Å². The van der Waals surface area contributed by atoms with Gasteiger partial charge in [0.05, 0.1) is 12.1 Å². The van der Waals surface area contributed by atoms with Crippen LogP contribution in [0.25, 0.3) is 0 Å². The van der Waals surface area contributed by atoms with Crippen molar-refractivity contribution in [2.75, 3.05) is 6.54 Å². The molecule has 1 aliphatic heterocycles. The standard InChI is InChI=1S/C15H24N2O2/c18-12-4-13(16-8-12)14(19)17-15-5-9-1-10(6-15)3-11(2-9)7-15/h9-13,16,18H,1-8H2,(H,17,19)/t9?,10?,11?,12-,13+,15?/m1/s1. The van der Waals surface area contributed by atoms with Gasteiger partial charge in [-0.25, -0.2) is 0 Å². The second-order valence-corrected chi connectivity index (χ2v) is 7.54. The first kappa shape index (κ1) is 12.2. The average Bonchev–Trinajstić information content (AvgIpc) is 2.73. The van der Waals surface area contributed by atoms with Crippen LogP contribution >= 0.6 is 0 Å². The van der Waals surface area contributed by atoms with E-state index in [1.165, 1.54) is 38.5 Å². The molecule has 0 aromatic carbocycles. The zero-order chi connectivity index (χ0) is 13.0. The summed E-state index contributed by atoms with van der Waals surface area (Å²) >= 11 is 0. The number of hydrogen-bond donors (Lipinski definition) is 3. The van der Waals surface area contributed by atoms with Gasteiger partial charge in [0.1, 0.15) is 0 Å². The molecule has 2 atom stereocenters. The van der Waals surface area contributed by atoms with Gasteiger partial charge in [-0.3, -0.25) is 4.79 Å². The van der Waals surface area contributed by atoms with Crippen LogP contribution in [-0.2, 0) is 4.79 Å². The van der Waals surface area contributed by atoms with Crippen LogP contribution in [0.4, 0.5) is 0 Å². The Morgan fingerprint density at radius 3 is 2.11 bits per heavy atom. The van der Waals surface area contributed by atoms with E-state index < -0.39 is 0 Å². The van der Waals surface area contributed by atoms with E-state index in [-0.39, 0.29) is 23.6 Å². The van der Waals surface area contributed by atoms with Crippen LogP contribution in [0.15, 0.2) is 0 Å². The second kappa shape index (κ2) is 4.19. The maximum atomic E-state index is 12.4. The molecular weight excluding hydrogens is 240 g/mol. The van der Waals surface area contributed by atoms with E-state index in [1.807, 2.05) is 0 Å². The zero-order valence-corrected chi connectivity index (χ0v) is 11.4. The molecule has 1 amide bonds. The topological polar surface area (TPSA) is 61.4 Å². The lowest BCUT2D eigenvalue weighted by Crippen LogP contribution is -2.61. The van der Waals surface area contributed by atoms with Crippen molar-refractivity contribution in [3.63, 3.8) is 0 Å². The number of carbonyl (C=O) groups excluding carboxylic acids is 1. The summed E-state index contributed by atoms with van der Waals surface area (Å²) in [6, 6.07) is -0.178. The predicted octanol–water partition coefficient (Wildman–Crippen LogP) is 0.794. The van der Waals surface area contributed by atoms with Gasteiger partial charge in [-0.15, -0.1) is 0 Å². The number of nitrogens with one attached hydrogen (secondary N) is 2. The average molecular weight is 264 g/mol. The van der Waals surface area contributed by atoms with Gasteiger partial charge in [-0.2, -0.15) is 0 Å². The van der Waals surface area contributed by atoms with Crippen LogP contribution in [0.1, 0.15) is 44.9 Å². The smallest absolute Gasteiger partial charge is 0.237 e. The van der Waals surface area contributed by atoms with Crippen LogP contribution < -0.4 is 10.6 Å². The lowest BCUT2D eigenvalue weighted by molar-refractivity contribution is -0.128. The predicted molar refractivity (Wildman–Crippen MR) is 71.5 cm³/mol. The first-order valence-corrected chi connectivity index (χ1v) is 7.85. The van der Waals surface area contributed by atoms with Gasteiger partial charge < -0.3 is 15.7 Å². The second-order valence-electron chi connectivity index (χ2n) is 7.54. The molecule has 0 unspecified atom stereocenters. The number of aliphatic hydroxyl groups excluding tert-OH is 1. The molecule has 4 bridgehead atoms. The molecule has 5 aliphatic rings. The van der Waals surface area contributed by atoms with E-state index >= 15 is 0 Å². The number of hydrogen-bond acceptors (Lipinski definition) is 3. The summed E-state index contributed by atoms with van der Waals surface area (Å²) in [4.78, 5) is 12.4. The molecule has 0 radical (unpaired) electrons. The molecule has 4 heteroatoms. The summed E-state index contributed by atoms with van der Waals surface area (Å²) in [7, 11) is 0. The SMILES string of the molecule is O=C(NC12CC3CC(CC(C3)C1)C2)[C@@H]1C[C@@H](O)CN1. The molecule has 0 aromatic heterocycles. The highest BCUT2D eigenvalue weighted by molar-refractivity contribution is 5.83. The third kappa shape index (κ3) is 2.09. The van der Waals surface area contributed by atoms with Crippen molar-refractivity contribution >= 4 is 5.91 Å². The summed E-state index contributed by atoms with van der Waals surface area (Å²) in [6.45, 7) is 0.555. The van der Waals surface area contributed by atoms with Crippen molar-refractivity contribution in [2.45, 2.75) is 62.6 Å². The summed E-state index contributed by atoms with van der Waals surface area (Å²) in [5.41, 5.74) is 0.0983. The van der Waals surface area contributed by atoms with Crippen LogP contribution in [0.5, 0.6) is 0 Å². The van der Waals surface area contributed by atoms with E-state index in [2.05, 4.69) is 10.6 Å². The number of rotatable bonds is 2. The maximum Gasteiger partial charge on any atom is 0.237 e. The third-order valence-corrected chi connectivity index (χ3v) is 5.85. The lowest BCUT2D eigenvalue weighted by atomic mass is 9.53. The van der Waals surface area contributed by atoms with E-state index in [9.17, 15) is 9.90 Å². The van der Waals surface area contributed by atoms with Crippen molar-refractivity contribution in [3.8, 4) is 0 Å². The van der Waals surface area contributed by atoms with Crippen molar-refractivity contribution in [1.82, 2.24) is 10.6 Å². The van der Waals surface area contributed by atoms with E-state index in [0.717, 1.165) is 17.8 Å². The fourth-order valence-corrected chi connectivity index (χ4v) is 5.53. The molecule has 19 heavy (non-hydrogen) atoms. The molecule has 1 heterocycles. The molecular formula is C15H24N2O2. The Morgan fingerprint density at radius 2 is 1.63 bits per heavy atom. The van der Waals surface area contributed by atoms with Crippen LogP contribution in [0, 0.1) is 17.8 Å². The van der Waals surface area contributed by atoms with Crippen molar-refractivity contribution in [3.05, 3.63) is 0 Å². The molecule has 4 nitrogen and oxygen atoms in total. The molecule has 4 saturated carbocycles. The highest BCUT2D eigenvalue weighted by atomic mass is 16.3. The molecule has 5 fully saturated rings. The minimum atomic E-state index is -0.355. The minimum Gasteiger partial charge on any atom is -0.392 e. The molecule has 1 saturated heterocycles. The first-order valence-electron chi connectivity index (χ1n) is 7.85. The summed E-state index contributed by atoms with van der Waals surface area (Å²) < 4.78 is 0. The molecule has 106 valence electrons. The van der Waals surface area contributed by atoms with Gasteiger partial charge >= 0.3 is 0 Å². The van der Waals surface area contributed by atoms with Crippen molar-refractivity contribution < 1.29 is 9.90 Å². The highest BCUT2D eigenvalue weighted by Gasteiger charge is 2.52. The van der Waals surface area contributed by atoms with Gasteiger partial charge in [0.15, 0.2) is 0 Å². The van der Waals surface area contributed by atoms with Crippen LogP contribution in [0.3, 0.4) is 0 Å². The number of amides is 1. The molecule has 0 spiro atoms. The van der Waals surface area contributed by atoms with Gasteiger partial charge in [-0.05, 0) is 62.7 Å². The molecule has 5 rings (SSSR count). The Bertz CT molecular complexity index is 360. The zero-order valence-electron chi connectivity index (χ0n) is 11.4. The molecule has 3 N–H and O–H groups in total. The van der Waals surface area contributed by atoms with Crippen molar-refractivity contribution in [1.29, 1.82) is 0 Å². The fourth-order valence-electron chi connectivity index (χ4n) is 5.53. The quantitative estimate of drug-likeness (QED) is 0.691. The lowest BCUT2D eigenvalue weighted by Gasteiger charge is -2.57. The van der Waals surface area contributed by atoms with E-state index in [0.29, 0.717) is 13.0 Å². The highest BCUT2D eigenvalue weighted by Crippen LogP contribution is 2.55. The van der Waals surface area contributed by atoms with Crippen molar-refractivity contribution in [2.24, 2.45) is 17.8 Å². The fraction of sp³-hybridized carbons (Fsp3) is 0.933. The Morgan fingerprint density at radius 1 is 1.05 bits per heavy atom. The number of β-amino-alcohol motifs (C(OH)–C–C–N with tert-alkyl or cyclic N) is 1. The summed E-state index contributed by atoms with van der Waals surface area (Å²) in [5.74, 6) is 2.69. The largest absolute Gasteiger partial charge is 0.392 e. The van der Waals surface area contributed by atoms with Crippen LogP contribution in [0.2, 0.25) is 0 Å². The van der Waals surface area contributed by atoms with Gasteiger partial charge in [0.25, 0.3) is 0 Å². The minimum absolute atomic E-state index is 0.0983. The third-order valence-electron chi connectivity index (χ3n) is 5.85. The van der Waals surface area contributed by atoms with E-state index in [1.54, 1.807) is 0 Å². The molecule has 4 aliphatic carbocycles. The number of carbonyl (C=O) groups is 1. The van der Waals surface area contributed by atoms with Gasteiger partial charge in [-0.1, -0.05) is 0 Å².